The van der Waals surface area contributed by atoms with Gasteiger partial charge in [-0.1, -0.05) is 11.6 Å². The Morgan fingerprint density at radius 3 is 2.67 bits per heavy atom. The Morgan fingerprint density at radius 1 is 1.50 bits per heavy atom. The van der Waals surface area contributed by atoms with Gasteiger partial charge < -0.3 is 5.11 Å². The molecule has 0 unspecified atom stereocenters. The lowest BCUT2D eigenvalue weighted by Gasteiger charge is -2.16. The first-order valence-corrected chi connectivity index (χ1v) is 6.58. The second-order valence-corrected chi connectivity index (χ2v) is 5.48. The van der Waals surface area contributed by atoms with Crippen LogP contribution in [0.4, 0.5) is 5.82 Å². The molecular weight excluding hydrogens is 284 g/mol. The first-order chi connectivity index (χ1) is 8.31. The SMILES string of the molecule is CN(CCC(=O)O)S(=O)(=O)Nc1ccc(Cl)nn1. The average Bonchev–Trinajstić information content (AvgIpc) is 2.28. The maximum Gasteiger partial charge on any atom is 0.304 e. The molecular formula is C8H11ClN4O4S. The van der Waals surface area contributed by atoms with Gasteiger partial charge in [-0.15, -0.1) is 10.2 Å². The van der Waals surface area contributed by atoms with E-state index in [4.69, 9.17) is 16.7 Å². The summed E-state index contributed by atoms with van der Waals surface area (Å²) in [5.74, 6) is -1.08. The number of carbonyl (C=O) groups is 1. The largest absolute Gasteiger partial charge is 0.481 e. The number of hydrogen-bond donors (Lipinski definition) is 2. The molecule has 2 N–H and O–H groups in total. The highest BCUT2D eigenvalue weighted by atomic mass is 35.5. The Morgan fingerprint density at radius 2 is 2.17 bits per heavy atom. The van der Waals surface area contributed by atoms with Crippen LogP contribution in [0.15, 0.2) is 12.1 Å². The number of nitrogens with one attached hydrogen (secondary N) is 1. The van der Waals surface area contributed by atoms with Crippen molar-refractivity contribution in [1.29, 1.82) is 0 Å². The molecule has 100 valence electrons. The van der Waals surface area contributed by atoms with E-state index >= 15 is 0 Å². The zero-order valence-corrected chi connectivity index (χ0v) is 10.9. The van der Waals surface area contributed by atoms with E-state index in [1.807, 2.05) is 0 Å². The summed E-state index contributed by atoms with van der Waals surface area (Å²) >= 11 is 5.50. The highest BCUT2D eigenvalue weighted by Crippen LogP contribution is 2.09. The van der Waals surface area contributed by atoms with Gasteiger partial charge in [-0.3, -0.25) is 9.52 Å². The normalized spacial score (nSPS) is 11.5. The van der Waals surface area contributed by atoms with Crippen LogP contribution in [0.5, 0.6) is 0 Å². The summed E-state index contributed by atoms with van der Waals surface area (Å²) in [7, 11) is -2.59. The van der Waals surface area contributed by atoms with Gasteiger partial charge in [0.15, 0.2) is 11.0 Å². The smallest absolute Gasteiger partial charge is 0.304 e. The van der Waals surface area contributed by atoms with E-state index in [-0.39, 0.29) is 23.9 Å². The molecule has 0 bridgehead atoms. The molecule has 0 fully saturated rings. The van der Waals surface area contributed by atoms with Crippen molar-refractivity contribution in [2.45, 2.75) is 6.42 Å². The van der Waals surface area contributed by atoms with E-state index in [1.54, 1.807) is 0 Å². The van der Waals surface area contributed by atoms with Crippen LogP contribution in [-0.2, 0) is 15.0 Å². The second kappa shape index (κ2) is 5.94. The summed E-state index contributed by atoms with van der Waals surface area (Å²) in [6, 6.07) is 2.72. The molecule has 0 saturated carbocycles. The van der Waals surface area contributed by atoms with E-state index in [9.17, 15) is 13.2 Å². The third-order valence-corrected chi connectivity index (χ3v) is 3.59. The number of aliphatic carboxylic acids is 1. The average molecular weight is 295 g/mol. The van der Waals surface area contributed by atoms with Gasteiger partial charge in [0.05, 0.1) is 6.42 Å². The van der Waals surface area contributed by atoms with Gasteiger partial charge in [-0.2, -0.15) is 12.7 Å². The fourth-order valence-corrected chi connectivity index (χ4v) is 1.92. The van der Waals surface area contributed by atoms with Crippen molar-refractivity contribution < 1.29 is 18.3 Å². The van der Waals surface area contributed by atoms with Gasteiger partial charge in [-0.05, 0) is 12.1 Å². The van der Waals surface area contributed by atoms with Crippen LogP contribution in [0.1, 0.15) is 6.42 Å². The topological polar surface area (TPSA) is 112 Å². The Hall–Kier alpha value is -1.45. The lowest BCUT2D eigenvalue weighted by Crippen LogP contribution is -2.34. The van der Waals surface area contributed by atoms with Crippen molar-refractivity contribution in [2.24, 2.45) is 0 Å². The highest BCUT2D eigenvalue weighted by molar-refractivity contribution is 7.90. The molecule has 0 radical (unpaired) electrons. The summed E-state index contributed by atoms with van der Waals surface area (Å²) in [5, 5.41) is 15.6. The maximum atomic E-state index is 11.7. The first kappa shape index (κ1) is 14.6. The Bertz CT molecular complexity index is 518. The Kier molecular flexibility index (Phi) is 4.82. The third kappa shape index (κ3) is 4.43. The maximum absolute atomic E-state index is 11.7. The lowest BCUT2D eigenvalue weighted by molar-refractivity contribution is -0.137. The zero-order chi connectivity index (χ0) is 13.8. The highest BCUT2D eigenvalue weighted by Gasteiger charge is 2.18. The fourth-order valence-electron chi connectivity index (χ4n) is 0.954. The minimum atomic E-state index is -3.85. The van der Waals surface area contributed by atoms with Crippen LogP contribution in [0.25, 0.3) is 0 Å². The molecule has 10 heteroatoms. The van der Waals surface area contributed by atoms with E-state index in [0.717, 1.165) is 4.31 Å². The van der Waals surface area contributed by atoms with Crippen LogP contribution >= 0.6 is 11.6 Å². The molecule has 0 saturated heterocycles. The molecule has 8 nitrogen and oxygen atoms in total. The molecule has 0 aromatic carbocycles. The number of nitrogens with zero attached hydrogens (tertiary/aromatic N) is 3. The molecule has 1 aromatic heterocycles. The van der Waals surface area contributed by atoms with E-state index in [0.29, 0.717) is 0 Å². The lowest BCUT2D eigenvalue weighted by atomic mass is 10.4. The van der Waals surface area contributed by atoms with Crippen LogP contribution < -0.4 is 4.72 Å². The number of anilines is 1. The predicted molar refractivity (Wildman–Crippen MR) is 64.5 cm³/mol. The molecule has 0 aliphatic carbocycles. The van der Waals surface area contributed by atoms with E-state index in [2.05, 4.69) is 14.9 Å². The molecule has 18 heavy (non-hydrogen) atoms. The van der Waals surface area contributed by atoms with E-state index in [1.165, 1.54) is 19.2 Å². The molecule has 1 rings (SSSR count). The standard InChI is InChI=1S/C8H11ClN4O4S/c1-13(5-4-8(14)15)18(16,17)12-7-3-2-6(9)10-11-7/h2-3H,4-5H2,1H3,(H,11,12)(H,14,15). The van der Waals surface area contributed by atoms with Gasteiger partial charge in [0.1, 0.15) is 0 Å². The van der Waals surface area contributed by atoms with Crippen LogP contribution in [0.2, 0.25) is 5.15 Å². The molecule has 0 aliphatic rings. The number of rotatable bonds is 6. The minimum absolute atomic E-state index is 0.00146. The van der Waals surface area contributed by atoms with E-state index < -0.39 is 16.2 Å². The summed E-state index contributed by atoms with van der Waals surface area (Å²) in [6.45, 7) is -0.147. The second-order valence-electron chi connectivity index (χ2n) is 3.31. The minimum Gasteiger partial charge on any atom is -0.481 e. The zero-order valence-electron chi connectivity index (χ0n) is 9.37. The van der Waals surface area contributed by atoms with Crippen molar-refractivity contribution in [3.05, 3.63) is 17.3 Å². The Labute approximate surface area is 109 Å². The van der Waals surface area contributed by atoms with Crippen LogP contribution in [0, 0.1) is 0 Å². The number of halogens is 1. The fraction of sp³-hybridized carbons (Fsp3) is 0.375. The molecule has 1 heterocycles. The molecule has 0 atom stereocenters. The van der Waals surface area contributed by atoms with Gasteiger partial charge in [0, 0.05) is 13.6 Å². The molecule has 0 aliphatic heterocycles. The molecule has 1 aromatic rings. The van der Waals surface area contributed by atoms with Crippen molar-refractivity contribution in [3.63, 3.8) is 0 Å². The van der Waals surface area contributed by atoms with Crippen molar-refractivity contribution in [3.8, 4) is 0 Å². The van der Waals surface area contributed by atoms with Crippen molar-refractivity contribution >= 4 is 33.6 Å². The number of aromatic nitrogens is 2. The number of hydrogen-bond acceptors (Lipinski definition) is 5. The van der Waals surface area contributed by atoms with Gasteiger partial charge in [0.2, 0.25) is 0 Å². The molecule has 0 spiro atoms. The summed E-state index contributed by atoms with van der Waals surface area (Å²) in [6.07, 6.45) is -0.288. The Balaban J connectivity index is 2.69. The monoisotopic (exact) mass is 294 g/mol. The van der Waals surface area contributed by atoms with Gasteiger partial charge in [0.25, 0.3) is 0 Å². The number of carboxylic acid groups (broad SMARTS) is 1. The third-order valence-electron chi connectivity index (χ3n) is 1.92. The summed E-state index contributed by atoms with van der Waals surface area (Å²) in [5.41, 5.74) is 0. The van der Waals surface area contributed by atoms with Crippen molar-refractivity contribution in [1.82, 2.24) is 14.5 Å². The summed E-state index contributed by atoms with van der Waals surface area (Å²) < 4.78 is 26.5. The predicted octanol–water partition coefficient (Wildman–Crippen LogP) is 0.193. The van der Waals surface area contributed by atoms with Crippen molar-refractivity contribution in [2.75, 3.05) is 18.3 Å². The summed E-state index contributed by atoms with van der Waals surface area (Å²) in [4.78, 5) is 10.3. The van der Waals surface area contributed by atoms with Gasteiger partial charge in [-0.25, -0.2) is 0 Å². The quantitative estimate of drug-likeness (QED) is 0.774. The van der Waals surface area contributed by atoms with Crippen LogP contribution in [0.3, 0.4) is 0 Å². The number of carboxylic acids is 1. The van der Waals surface area contributed by atoms with Crippen LogP contribution in [-0.4, -0.2) is 47.6 Å². The first-order valence-electron chi connectivity index (χ1n) is 4.76. The van der Waals surface area contributed by atoms with Gasteiger partial charge >= 0.3 is 16.2 Å². The molecule has 0 amide bonds.